The van der Waals surface area contributed by atoms with E-state index in [2.05, 4.69) is 11.1 Å². The number of hydrogen-bond acceptors (Lipinski definition) is 5. The highest BCUT2D eigenvalue weighted by atomic mass is 16.5. The van der Waals surface area contributed by atoms with Gasteiger partial charge in [-0.2, -0.15) is 5.26 Å². The van der Waals surface area contributed by atoms with Gasteiger partial charge in [0.2, 0.25) is 11.8 Å². The Morgan fingerprint density at radius 1 is 1.41 bits per heavy atom. The normalized spacial score (nSPS) is 22.3. The Labute approximate surface area is 129 Å². The van der Waals surface area contributed by atoms with Gasteiger partial charge in [0.25, 0.3) is 0 Å². The summed E-state index contributed by atoms with van der Waals surface area (Å²) in [4.78, 5) is 18.5. The summed E-state index contributed by atoms with van der Waals surface area (Å²) in [6, 6.07) is 5.34. The van der Waals surface area contributed by atoms with Crippen LogP contribution in [-0.2, 0) is 9.53 Å². The Morgan fingerprint density at radius 3 is 3.00 bits per heavy atom. The van der Waals surface area contributed by atoms with E-state index >= 15 is 0 Å². The third-order valence-corrected chi connectivity index (χ3v) is 4.18. The Kier molecular flexibility index (Phi) is 4.54. The number of amides is 1. The van der Waals surface area contributed by atoms with Crippen LogP contribution in [0, 0.1) is 17.2 Å². The Morgan fingerprint density at radius 2 is 2.23 bits per heavy atom. The Hall–Kier alpha value is -2.13. The van der Waals surface area contributed by atoms with Crippen molar-refractivity contribution in [2.24, 2.45) is 5.92 Å². The molecular weight excluding hydrogens is 282 g/mol. The van der Waals surface area contributed by atoms with E-state index in [-0.39, 0.29) is 17.9 Å². The van der Waals surface area contributed by atoms with Crippen molar-refractivity contribution in [1.29, 1.82) is 5.26 Å². The van der Waals surface area contributed by atoms with Gasteiger partial charge in [-0.1, -0.05) is 0 Å². The topological polar surface area (TPSA) is 75.5 Å². The van der Waals surface area contributed by atoms with Crippen LogP contribution < -0.4 is 4.74 Å². The first-order chi connectivity index (χ1) is 10.8. The number of hydrogen-bond donors (Lipinski definition) is 0. The number of rotatable bonds is 3. The molecule has 0 radical (unpaired) electrons. The van der Waals surface area contributed by atoms with Gasteiger partial charge in [0.05, 0.1) is 18.2 Å². The average Bonchev–Trinajstić information content (AvgIpc) is 3.03. The van der Waals surface area contributed by atoms with Crippen molar-refractivity contribution < 1.29 is 14.3 Å². The number of likely N-dealkylation sites (tertiary alicyclic amines) is 1. The zero-order valence-corrected chi connectivity index (χ0v) is 12.4. The fraction of sp³-hybridized carbons (Fsp3) is 0.562. The molecule has 0 N–H and O–H groups in total. The van der Waals surface area contributed by atoms with E-state index in [9.17, 15) is 4.79 Å². The first-order valence-electron chi connectivity index (χ1n) is 7.65. The van der Waals surface area contributed by atoms with Crippen molar-refractivity contribution in [1.82, 2.24) is 9.88 Å². The summed E-state index contributed by atoms with van der Waals surface area (Å²) < 4.78 is 11.1. The molecule has 0 bridgehead atoms. The van der Waals surface area contributed by atoms with Crippen LogP contribution >= 0.6 is 0 Å². The Bertz CT molecular complexity index is 578. The highest BCUT2D eigenvalue weighted by Gasteiger charge is 2.32. The van der Waals surface area contributed by atoms with Gasteiger partial charge in [-0.3, -0.25) is 4.79 Å². The second-order valence-corrected chi connectivity index (χ2v) is 5.69. The first kappa shape index (κ1) is 14.8. The van der Waals surface area contributed by atoms with E-state index in [0.717, 1.165) is 25.8 Å². The summed E-state index contributed by atoms with van der Waals surface area (Å²) >= 11 is 0. The van der Waals surface area contributed by atoms with E-state index in [1.807, 2.05) is 4.90 Å². The van der Waals surface area contributed by atoms with Crippen LogP contribution in [-0.4, -0.2) is 48.2 Å². The predicted octanol–water partition coefficient (Wildman–Crippen LogP) is 1.36. The largest absolute Gasteiger partial charge is 0.472 e. The summed E-state index contributed by atoms with van der Waals surface area (Å²) in [6.45, 7) is 2.66. The molecule has 3 heterocycles. The summed E-state index contributed by atoms with van der Waals surface area (Å²) in [5.74, 6) is 0.755. The number of nitriles is 1. The number of aromatic nitrogens is 1. The quantitative estimate of drug-likeness (QED) is 0.842. The van der Waals surface area contributed by atoms with Gasteiger partial charge in [-0.25, -0.2) is 4.98 Å². The molecule has 6 heteroatoms. The highest BCUT2D eigenvalue weighted by molar-refractivity contribution is 5.79. The summed E-state index contributed by atoms with van der Waals surface area (Å²) in [5.41, 5.74) is 0.526. The maximum Gasteiger partial charge on any atom is 0.225 e. The number of pyridine rings is 1. The van der Waals surface area contributed by atoms with E-state index < -0.39 is 0 Å². The lowest BCUT2D eigenvalue weighted by molar-refractivity contribution is -0.137. The molecule has 2 fully saturated rings. The third kappa shape index (κ3) is 3.37. The van der Waals surface area contributed by atoms with Gasteiger partial charge in [0, 0.05) is 44.4 Å². The van der Waals surface area contributed by atoms with Crippen molar-refractivity contribution in [3.8, 4) is 11.9 Å². The fourth-order valence-electron chi connectivity index (χ4n) is 2.94. The van der Waals surface area contributed by atoms with Gasteiger partial charge in [0.1, 0.15) is 6.10 Å². The van der Waals surface area contributed by atoms with Crippen molar-refractivity contribution in [2.75, 3.05) is 26.3 Å². The van der Waals surface area contributed by atoms with E-state index in [1.165, 1.54) is 0 Å². The van der Waals surface area contributed by atoms with Crippen molar-refractivity contribution in [3.05, 3.63) is 23.9 Å². The summed E-state index contributed by atoms with van der Waals surface area (Å²) in [5, 5.41) is 8.89. The molecular formula is C16H19N3O3. The van der Waals surface area contributed by atoms with Crippen LogP contribution in [0.4, 0.5) is 0 Å². The molecule has 1 atom stereocenters. The van der Waals surface area contributed by atoms with Crippen LogP contribution in [0.2, 0.25) is 0 Å². The van der Waals surface area contributed by atoms with E-state index in [1.54, 1.807) is 18.3 Å². The van der Waals surface area contributed by atoms with Crippen LogP contribution in [0.1, 0.15) is 24.8 Å². The zero-order chi connectivity index (χ0) is 15.4. The van der Waals surface area contributed by atoms with Crippen LogP contribution in [0.15, 0.2) is 18.3 Å². The van der Waals surface area contributed by atoms with Crippen LogP contribution in [0.3, 0.4) is 0 Å². The molecule has 2 aliphatic heterocycles. The summed E-state index contributed by atoms with van der Waals surface area (Å²) in [6.07, 6.45) is 3.94. The summed E-state index contributed by atoms with van der Waals surface area (Å²) in [7, 11) is 0. The minimum atomic E-state index is -0.0507. The monoisotopic (exact) mass is 301 g/mol. The molecule has 6 nitrogen and oxygen atoms in total. The molecule has 3 rings (SSSR count). The molecule has 0 aliphatic carbocycles. The second-order valence-electron chi connectivity index (χ2n) is 5.69. The number of ether oxygens (including phenoxy) is 2. The third-order valence-electron chi connectivity index (χ3n) is 4.18. The lowest BCUT2D eigenvalue weighted by Crippen LogP contribution is -2.38. The fourth-order valence-corrected chi connectivity index (χ4v) is 2.94. The van der Waals surface area contributed by atoms with Crippen molar-refractivity contribution in [3.63, 3.8) is 0 Å². The number of carbonyl (C=O) groups is 1. The number of nitrogens with zero attached hydrogens (tertiary/aromatic N) is 3. The minimum Gasteiger partial charge on any atom is -0.472 e. The van der Waals surface area contributed by atoms with Crippen molar-refractivity contribution >= 4 is 5.91 Å². The van der Waals surface area contributed by atoms with Crippen LogP contribution in [0.25, 0.3) is 0 Å². The van der Waals surface area contributed by atoms with Crippen LogP contribution in [0.5, 0.6) is 5.88 Å². The molecule has 0 saturated carbocycles. The van der Waals surface area contributed by atoms with Gasteiger partial charge in [-0.15, -0.1) is 0 Å². The second kappa shape index (κ2) is 6.75. The highest BCUT2D eigenvalue weighted by Crippen LogP contribution is 2.22. The molecule has 22 heavy (non-hydrogen) atoms. The first-order valence-corrected chi connectivity index (χ1v) is 7.65. The molecule has 116 valence electrons. The lowest BCUT2D eigenvalue weighted by atomic mass is 9.99. The van der Waals surface area contributed by atoms with Gasteiger partial charge >= 0.3 is 0 Å². The smallest absolute Gasteiger partial charge is 0.225 e. The average molecular weight is 301 g/mol. The zero-order valence-electron chi connectivity index (χ0n) is 12.4. The maximum absolute atomic E-state index is 12.5. The lowest BCUT2D eigenvalue weighted by Gasteiger charge is -2.26. The van der Waals surface area contributed by atoms with E-state index in [0.29, 0.717) is 31.2 Å². The molecule has 1 aromatic heterocycles. The molecule has 1 amide bonds. The van der Waals surface area contributed by atoms with E-state index in [4.69, 9.17) is 14.7 Å². The van der Waals surface area contributed by atoms with Crippen molar-refractivity contribution in [2.45, 2.75) is 25.4 Å². The Balaban J connectivity index is 1.55. The molecule has 1 aromatic rings. The predicted molar refractivity (Wildman–Crippen MR) is 78.1 cm³/mol. The van der Waals surface area contributed by atoms with Gasteiger partial charge in [-0.05, 0) is 18.9 Å². The van der Waals surface area contributed by atoms with Gasteiger partial charge < -0.3 is 14.4 Å². The molecule has 1 unspecified atom stereocenters. The standard InChI is InChI=1S/C16H19N3O3/c17-10-12-1-5-18-15(9-12)22-14-2-6-19(11-14)16(20)13-3-7-21-8-4-13/h1,5,9,13-14H,2-4,6-8,11H2. The molecule has 0 spiro atoms. The maximum atomic E-state index is 12.5. The SMILES string of the molecule is N#Cc1ccnc(OC2CCN(C(=O)C3CCOCC3)C2)c1. The minimum absolute atomic E-state index is 0.0507. The van der Waals surface area contributed by atoms with Gasteiger partial charge in [0.15, 0.2) is 0 Å². The molecule has 0 aromatic carbocycles. The molecule has 2 aliphatic rings. The number of carbonyl (C=O) groups excluding carboxylic acids is 1. The molecule has 2 saturated heterocycles.